The first kappa shape index (κ1) is 13.0. The summed E-state index contributed by atoms with van der Waals surface area (Å²) >= 11 is 1.85. The smallest absolute Gasteiger partial charge is 0.227 e. The van der Waals surface area contributed by atoms with Crippen LogP contribution in [0.3, 0.4) is 0 Å². The summed E-state index contributed by atoms with van der Waals surface area (Å²) in [5, 5.41) is 3.39. The predicted molar refractivity (Wildman–Crippen MR) is 79.7 cm³/mol. The molecule has 102 valence electrons. The van der Waals surface area contributed by atoms with Gasteiger partial charge in [0.15, 0.2) is 0 Å². The summed E-state index contributed by atoms with van der Waals surface area (Å²) in [4.78, 5) is 15.7. The lowest BCUT2D eigenvalue weighted by atomic mass is 9.95. The van der Waals surface area contributed by atoms with Crippen molar-refractivity contribution in [1.82, 2.24) is 5.32 Å². The molecule has 3 rings (SSSR count). The number of hydrogen-bond donors (Lipinski definition) is 1. The van der Waals surface area contributed by atoms with Gasteiger partial charge < -0.3 is 10.2 Å². The Morgan fingerprint density at radius 2 is 2.32 bits per heavy atom. The van der Waals surface area contributed by atoms with Crippen molar-refractivity contribution in [3.05, 3.63) is 24.3 Å². The Morgan fingerprint density at radius 1 is 1.42 bits per heavy atom. The third-order valence-electron chi connectivity index (χ3n) is 3.89. The molecule has 3 nitrogen and oxygen atoms in total. The topological polar surface area (TPSA) is 32.3 Å². The van der Waals surface area contributed by atoms with Gasteiger partial charge in [0.1, 0.15) is 0 Å². The van der Waals surface area contributed by atoms with Crippen molar-refractivity contribution in [3.8, 4) is 0 Å². The van der Waals surface area contributed by atoms with Crippen LogP contribution >= 0.6 is 11.8 Å². The molecule has 0 aliphatic carbocycles. The Kier molecular flexibility index (Phi) is 4.09. The van der Waals surface area contributed by atoms with Gasteiger partial charge in [-0.3, -0.25) is 4.79 Å². The van der Waals surface area contributed by atoms with Crippen LogP contribution in [0.1, 0.15) is 19.3 Å². The van der Waals surface area contributed by atoms with Gasteiger partial charge in [-0.05, 0) is 44.0 Å². The van der Waals surface area contributed by atoms with Crippen LogP contribution in [0, 0.1) is 5.92 Å². The van der Waals surface area contributed by atoms with E-state index >= 15 is 0 Å². The minimum absolute atomic E-state index is 0.293. The van der Waals surface area contributed by atoms with Gasteiger partial charge in [-0.25, -0.2) is 0 Å². The molecule has 1 fully saturated rings. The Balaban J connectivity index is 1.70. The van der Waals surface area contributed by atoms with Gasteiger partial charge in [0.05, 0.1) is 5.69 Å². The zero-order valence-corrected chi connectivity index (χ0v) is 11.9. The maximum atomic E-state index is 12.5. The highest BCUT2D eigenvalue weighted by Crippen LogP contribution is 2.35. The molecule has 1 saturated heterocycles. The van der Waals surface area contributed by atoms with E-state index in [1.807, 2.05) is 28.8 Å². The highest BCUT2D eigenvalue weighted by atomic mass is 32.2. The SMILES string of the molecule is O=C(CC1CCCNC1)N1CCSc2ccccc21. The second-order valence-corrected chi connectivity index (χ2v) is 6.41. The minimum Gasteiger partial charge on any atom is -0.316 e. The third-order valence-corrected chi connectivity index (χ3v) is 4.93. The maximum absolute atomic E-state index is 12.5. The molecule has 2 heterocycles. The highest BCUT2D eigenvalue weighted by molar-refractivity contribution is 7.99. The molecule has 0 saturated carbocycles. The Bertz CT molecular complexity index is 457. The van der Waals surface area contributed by atoms with Crippen LogP contribution in [0.5, 0.6) is 0 Å². The fourth-order valence-corrected chi connectivity index (χ4v) is 3.88. The summed E-state index contributed by atoms with van der Waals surface area (Å²) in [5.74, 6) is 1.82. The number of nitrogens with one attached hydrogen (secondary N) is 1. The second kappa shape index (κ2) is 5.97. The maximum Gasteiger partial charge on any atom is 0.227 e. The molecule has 1 N–H and O–H groups in total. The van der Waals surface area contributed by atoms with Crippen molar-refractivity contribution < 1.29 is 4.79 Å². The van der Waals surface area contributed by atoms with Crippen molar-refractivity contribution >= 4 is 23.4 Å². The van der Waals surface area contributed by atoms with Gasteiger partial charge in [0.2, 0.25) is 5.91 Å². The summed E-state index contributed by atoms with van der Waals surface area (Å²) in [6, 6.07) is 8.25. The van der Waals surface area contributed by atoms with E-state index in [2.05, 4.69) is 17.4 Å². The minimum atomic E-state index is 0.293. The number of thioether (sulfide) groups is 1. The quantitative estimate of drug-likeness (QED) is 0.901. The van der Waals surface area contributed by atoms with E-state index in [0.717, 1.165) is 31.1 Å². The molecule has 19 heavy (non-hydrogen) atoms. The predicted octanol–water partition coefficient (Wildman–Crippen LogP) is 2.52. The molecule has 1 amide bonds. The zero-order chi connectivity index (χ0) is 13.1. The fourth-order valence-electron chi connectivity index (χ4n) is 2.88. The van der Waals surface area contributed by atoms with Crippen molar-refractivity contribution in [3.63, 3.8) is 0 Å². The first-order valence-electron chi connectivity index (χ1n) is 7.07. The number of anilines is 1. The molecule has 2 aliphatic heterocycles. The number of rotatable bonds is 2. The number of nitrogens with zero attached hydrogens (tertiary/aromatic N) is 1. The normalized spacial score (nSPS) is 22.9. The van der Waals surface area contributed by atoms with Gasteiger partial charge >= 0.3 is 0 Å². The molecule has 0 aromatic heterocycles. The Hall–Kier alpha value is -1.00. The molecule has 1 aromatic rings. The van der Waals surface area contributed by atoms with E-state index in [1.165, 1.54) is 17.7 Å². The van der Waals surface area contributed by atoms with Crippen LogP contribution in [-0.4, -0.2) is 31.3 Å². The van der Waals surface area contributed by atoms with Gasteiger partial charge in [0, 0.05) is 23.6 Å². The van der Waals surface area contributed by atoms with Crippen LogP contribution < -0.4 is 10.2 Å². The fraction of sp³-hybridized carbons (Fsp3) is 0.533. The summed E-state index contributed by atoms with van der Waals surface area (Å²) in [5.41, 5.74) is 1.10. The molecular weight excluding hydrogens is 256 g/mol. The number of para-hydroxylation sites is 1. The lowest BCUT2D eigenvalue weighted by molar-refractivity contribution is -0.119. The summed E-state index contributed by atoms with van der Waals surface area (Å²) in [6.45, 7) is 2.95. The van der Waals surface area contributed by atoms with Crippen LogP contribution in [-0.2, 0) is 4.79 Å². The average Bonchev–Trinajstić information content (AvgIpc) is 2.47. The van der Waals surface area contributed by atoms with Crippen molar-refractivity contribution in [2.45, 2.75) is 24.2 Å². The Morgan fingerprint density at radius 3 is 3.16 bits per heavy atom. The molecule has 1 unspecified atom stereocenters. The lowest BCUT2D eigenvalue weighted by Crippen LogP contribution is -2.39. The first-order chi connectivity index (χ1) is 9.34. The Labute approximate surface area is 118 Å². The van der Waals surface area contributed by atoms with E-state index in [-0.39, 0.29) is 0 Å². The van der Waals surface area contributed by atoms with E-state index in [4.69, 9.17) is 0 Å². The number of benzene rings is 1. The molecule has 0 bridgehead atoms. The van der Waals surface area contributed by atoms with E-state index in [1.54, 1.807) is 0 Å². The van der Waals surface area contributed by atoms with Crippen LogP contribution in [0.15, 0.2) is 29.2 Å². The van der Waals surface area contributed by atoms with E-state index < -0.39 is 0 Å². The largest absolute Gasteiger partial charge is 0.316 e. The molecule has 1 atom stereocenters. The zero-order valence-electron chi connectivity index (χ0n) is 11.1. The number of piperidine rings is 1. The van der Waals surface area contributed by atoms with Crippen LogP contribution in [0.25, 0.3) is 0 Å². The molecular formula is C15H20N2OS. The van der Waals surface area contributed by atoms with Gasteiger partial charge in [-0.2, -0.15) is 0 Å². The monoisotopic (exact) mass is 276 g/mol. The summed E-state index contributed by atoms with van der Waals surface area (Å²) in [6.07, 6.45) is 3.07. The van der Waals surface area contributed by atoms with Crippen LogP contribution in [0.2, 0.25) is 0 Å². The first-order valence-corrected chi connectivity index (χ1v) is 8.06. The third kappa shape index (κ3) is 2.95. The van der Waals surface area contributed by atoms with Gasteiger partial charge in [-0.1, -0.05) is 12.1 Å². The molecule has 0 spiro atoms. The standard InChI is InChI=1S/C15H20N2OS/c18-15(10-12-4-3-7-16-11-12)17-8-9-19-14-6-2-1-5-13(14)17/h1-2,5-6,12,16H,3-4,7-11H2. The van der Waals surface area contributed by atoms with Gasteiger partial charge in [0.25, 0.3) is 0 Å². The molecule has 2 aliphatic rings. The average molecular weight is 276 g/mol. The number of amides is 1. The summed E-state index contributed by atoms with van der Waals surface area (Å²) < 4.78 is 0. The summed E-state index contributed by atoms with van der Waals surface area (Å²) in [7, 11) is 0. The molecule has 4 heteroatoms. The second-order valence-electron chi connectivity index (χ2n) is 5.28. The molecule has 0 radical (unpaired) electrons. The van der Waals surface area contributed by atoms with E-state index in [0.29, 0.717) is 18.2 Å². The number of fused-ring (bicyclic) bond motifs is 1. The van der Waals surface area contributed by atoms with Crippen LogP contribution in [0.4, 0.5) is 5.69 Å². The van der Waals surface area contributed by atoms with E-state index in [9.17, 15) is 4.79 Å². The molecule has 1 aromatic carbocycles. The lowest BCUT2D eigenvalue weighted by Gasteiger charge is -2.31. The number of carbonyl (C=O) groups is 1. The van der Waals surface area contributed by atoms with Crippen molar-refractivity contribution in [2.24, 2.45) is 5.92 Å². The number of carbonyl (C=O) groups excluding carboxylic acids is 1. The van der Waals surface area contributed by atoms with Gasteiger partial charge in [-0.15, -0.1) is 11.8 Å². The number of hydrogen-bond acceptors (Lipinski definition) is 3. The van der Waals surface area contributed by atoms with Crippen molar-refractivity contribution in [2.75, 3.05) is 30.3 Å². The van der Waals surface area contributed by atoms with Crippen molar-refractivity contribution in [1.29, 1.82) is 0 Å². The highest BCUT2D eigenvalue weighted by Gasteiger charge is 2.25.